The highest BCUT2D eigenvalue weighted by atomic mass is 14.3. The van der Waals surface area contributed by atoms with Crippen molar-refractivity contribution in [2.75, 3.05) is 0 Å². The Bertz CT molecular complexity index is 2260. The van der Waals surface area contributed by atoms with E-state index in [1.807, 2.05) is 0 Å². The summed E-state index contributed by atoms with van der Waals surface area (Å²) in [5, 5.41) is 5.37. The number of rotatable bonds is 3. The molecule has 0 heteroatoms. The molecule has 0 spiro atoms. The second kappa shape index (κ2) is 8.89. The lowest BCUT2D eigenvalue weighted by molar-refractivity contribution is 1.59. The van der Waals surface area contributed by atoms with E-state index in [0.29, 0.717) is 0 Å². The lowest BCUT2D eigenvalue weighted by atomic mass is 9.91. The second-order valence-corrected chi connectivity index (χ2v) is 12.0. The molecule has 8 aromatic carbocycles. The van der Waals surface area contributed by atoms with E-state index < -0.39 is 0 Å². The Morgan fingerprint density at radius 1 is 0.205 bits per heavy atom. The van der Waals surface area contributed by atoms with Crippen LogP contribution in [-0.2, 0) is 0 Å². The average Bonchev–Trinajstić information content (AvgIpc) is 3.60. The van der Waals surface area contributed by atoms with Crippen molar-refractivity contribution in [3.8, 4) is 77.9 Å². The lowest BCUT2D eigenvalue weighted by Crippen LogP contribution is -1.87. The number of hydrogen-bond acceptors (Lipinski definition) is 0. The monoisotopic (exact) mass is 554 g/mol. The molecule has 0 saturated carbocycles. The van der Waals surface area contributed by atoms with Gasteiger partial charge in [-0.1, -0.05) is 146 Å². The highest BCUT2D eigenvalue weighted by Crippen LogP contribution is 2.50. The third-order valence-electron chi connectivity index (χ3n) is 9.78. The Kier molecular flexibility index (Phi) is 4.81. The van der Waals surface area contributed by atoms with Crippen LogP contribution in [-0.4, -0.2) is 0 Å². The Morgan fingerprint density at radius 3 is 0.955 bits per heavy atom. The van der Waals surface area contributed by atoms with Gasteiger partial charge in [0.2, 0.25) is 0 Å². The Hall–Kier alpha value is -5.72. The number of fused-ring (bicyclic) bond motifs is 6. The van der Waals surface area contributed by atoms with Crippen LogP contribution in [0.3, 0.4) is 0 Å². The van der Waals surface area contributed by atoms with E-state index in [-0.39, 0.29) is 0 Å². The van der Waals surface area contributed by atoms with E-state index >= 15 is 0 Å². The Morgan fingerprint density at radius 2 is 0.523 bits per heavy atom. The highest BCUT2D eigenvalue weighted by molar-refractivity contribution is 6.20. The van der Waals surface area contributed by atoms with Gasteiger partial charge in [-0.3, -0.25) is 0 Å². The molecule has 2 aliphatic rings. The molecule has 202 valence electrons. The summed E-state index contributed by atoms with van der Waals surface area (Å²) in [7, 11) is 0. The average molecular weight is 555 g/mol. The molecule has 0 amide bonds. The molecule has 10 rings (SSSR count). The van der Waals surface area contributed by atoms with Crippen molar-refractivity contribution in [1.82, 2.24) is 0 Å². The molecule has 0 bridgehead atoms. The smallest absolute Gasteiger partial charge is 0.00201 e. The summed E-state index contributed by atoms with van der Waals surface area (Å²) in [5.41, 5.74) is 18.2. The summed E-state index contributed by atoms with van der Waals surface area (Å²) in [6, 6.07) is 58.4. The van der Waals surface area contributed by atoms with E-state index in [0.717, 1.165) is 0 Å². The van der Waals surface area contributed by atoms with Gasteiger partial charge in [0.15, 0.2) is 0 Å². The van der Waals surface area contributed by atoms with Gasteiger partial charge >= 0.3 is 0 Å². The van der Waals surface area contributed by atoms with Crippen LogP contribution in [0.2, 0.25) is 0 Å². The van der Waals surface area contributed by atoms with Gasteiger partial charge in [0.1, 0.15) is 0 Å². The quantitative estimate of drug-likeness (QED) is 0.204. The van der Waals surface area contributed by atoms with Crippen LogP contribution >= 0.6 is 0 Å². The standard InChI is InChI=1S/C44H26/c1-3-15-35-33(13-1)39-19-7-17-37-31(21-23-41(35)43(37)39)29-11-5-9-27(25-29)28-10-6-12-30(26-28)32-22-24-42-36-16-4-2-14-34(36)40-20-8-18-38(32)44(40)42/h1-26H. The maximum Gasteiger partial charge on any atom is -0.00201 e. The highest BCUT2D eigenvalue weighted by Gasteiger charge is 2.23. The third kappa shape index (κ3) is 3.23. The molecule has 0 N–H and O–H groups in total. The first-order chi connectivity index (χ1) is 21.8. The van der Waals surface area contributed by atoms with Gasteiger partial charge in [-0.2, -0.15) is 0 Å². The minimum absolute atomic E-state index is 1.23. The van der Waals surface area contributed by atoms with Gasteiger partial charge in [-0.05, 0) is 112 Å². The van der Waals surface area contributed by atoms with E-state index in [1.54, 1.807) is 0 Å². The molecule has 2 aliphatic carbocycles. The van der Waals surface area contributed by atoms with Crippen molar-refractivity contribution < 1.29 is 0 Å². The molecule has 0 atom stereocenters. The van der Waals surface area contributed by atoms with Crippen LogP contribution in [0.1, 0.15) is 0 Å². The van der Waals surface area contributed by atoms with Gasteiger partial charge in [-0.15, -0.1) is 0 Å². The zero-order chi connectivity index (χ0) is 28.8. The summed E-state index contributed by atoms with van der Waals surface area (Å²) in [5.74, 6) is 0. The van der Waals surface area contributed by atoms with Crippen molar-refractivity contribution >= 4 is 21.5 Å². The molecule has 0 saturated heterocycles. The fourth-order valence-corrected chi connectivity index (χ4v) is 7.85. The third-order valence-corrected chi connectivity index (χ3v) is 9.78. The summed E-state index contributed by atoms with van der Waals surface area (Å²) in [6.07, 6.45) is 0. The van der Waals surface area contributed by atoms with Gasteiger partial charge in [-0.25, -0.2) is 0 Å². The van der Waals surface area contributed by atoms with Crippen LogP contribution in [0.15, 0.2) is 158 Å². The summed E-state index contributed by atoms with van der Waals surface area (Å²) < 4.78 is 0. The molecule has 0 radical (unpaired) electrons. The van der Waals surface area contributed by atoms with Gasteiger partial charge < -0.3 is 0 Å². The van der Waals surface area contributed by atoms with Crippen LogP contribution in [0, 0.1) is 0 Å². The minimum Gasteiger partial charge on any atom is -0.0616 e. The second-order valence-electron chi connectivity index (χ2n) is 12.0. The van der Waals surface area contributed by atoms with Gasteiger partial charge in [0.05, 0.1) is 0 Å². The molecule has 0 nitrogen and oxygen atoms in total. The normalized spacial score (nSPS) is 12.1. The van der Waals surface area contributed by atoms with Crippen molar-refractivity contribution in [3.05, 3.63) is 158 Å². The largest absolute Gasteiger partial charge is 0.0616 e. The molecule has 0 aromatic heterocycles. The molecular weight excluding hydrogens is 528 g/mol. The van der Waals surface area contributed by atoms with Crippen molar-refractivity contribution in [1.29, 1.82) is 0 Å². The van der Waals surface area contributed by atoms with Crippen molar-refractivity contribution in [2.45, 2.75) is 0 Å². The first-order valence-corrected chi connectivity index (χ1v) is 15.4. The van der Waals surface area contributed by atoms with E-state index in [4.69, 9.17) is 0 Å². The van der Waals surface area contributed by atoms with Crippen LogP contribution < -0.4 is 0 Å². The van der Waals surface area contributed by atoms with Crippen molar-refractivity contribution in [2.24, 2.45) is 0 Å². The fourth-order valence-electron chi connectivity index (χ4n) is 7.85. The fraction of sp³-hybridized carbons (Fsp3) is 0. The number of benzene rings is 8. The Labute approximate surface area is 256 Å². The first-order valence-electron chi connectivity index (χ1n) is 15.4. The predicted octanol–water partition coefficient (Wildman–Crippen LogP) is 12.3. The first kappa shape index (κ1) is 23.8. The minimum atomic E-state index is 1.23. The SMILES string of the molecule is c1cc(-c2cccc(-c3ccc4c5c(cccc35)-c3ccccc3-4)c2)cc(-c2ccc3c4c(cccc24)-c2ccccc2-3)c1. The Balaban J connectivity index is 1.09. The molecular formula is C44H26. The van der Waals surface area contributed by atoms with E-state index in [2.05, 4.69) is 158 Å². The molecule has 0 fully saturated rings. The maximum absolute atomic E-state index is 2.36. The zero-order valence-electron chi connectivity index (χ0n) is 24.0. The van der Waals surface area contributed by atoms with Gasteiger partial charge in [0.25, 0.3) is 0 Å². The molecule has 0 heterocycles. The topological polar surface area (TPSA) is 0 Å². The molecule has 0 aliphatic heterocycles. The molecule has 8 aromatic rings. The van der Waals surface area contributed by atoms with Crippen LogP contribution in [0.25, 0.3) is 99.4 Å². The predicted molar refractivity (Wildman–Crippen MR) is 187 cm³/mol. The zero-order valence-corrected chi connectivity index (χ0v) is 24.0. The van der Waals surface area contributed by atoms with Crippen LogP contribution in [0.4, 0.5) is 0 Å². The molecule has 44 heavy (non-hydrogen) atoms. The summed E-state index contributed by atoms with van der Waals surface area (Å²) in [6.45, 7) is 0. The number of hydrogen-bond donors (Lipinski definition) is 0. The van der Waals surface area contributed by atoms with Crippen molar-refractivity contribution in [3.63, 3.8) is 0 Å². The van der Waals surface area contributed by atoms with Crippen LogP contribution in [0.5, 0.6) is 0 Å². The van der Waals surface area contributed by atoms with E-state index in [9.17, 15) is 0 Å². The summed E-state index contributed by atoms with van der Waals surface area (Å²) in [4.78, 5) is 0. The molecule has 0 unspecified atom stereocenters. The van der Waals surface area contributed by atoms with E-state index in [1.165, 1.54) is 99.4 Å². The maximum atomic E-state index is 2.36. The summed E-state index contributed by atoms with van der Waals surface area (Å²) >= 11 is 0. The van der Waals surface area contributed by atoms with Gasteiger partial charge in [0, 0.05) is 0 Å². The lowest BCUT2D eigenvalue weighted by Gasteiger charge is -2.13.